The SMILES string of the molecule is CNc1nc(N)nc(Nc2ccc(OC)c(F)c2)n1. The Balaban J connectivity index is 2.25. The highest BCUT2D eigenvalue weighted by Gasteiger charge is 2.06. The van der Waals surface area contributed by atoms with Crippen LogP contribution in [-0.4, -0.2) is 29.1 Å². The van der Waals surface area contributed by atoms with Crippen molar-refractivity contribution < 1.29 is 9.13 Å². The molecule has 7 nitrogen and oxygen atoms in total. The minimum atomic E-state index is -0.483. The summed E-state index contributed by atoms with van der Waals surface area (Å²) in [6.45, 7) is 0. The van der Waals surface area contributed by atoms with E-state index < -0.39 is 5.82 Å². The Morgan fingerprint density at radius 3 is 2.58 bits per heavy atom. The smallest absolute Gasteiger partial charge is 0.233 e. The largest absolute Gasteiger partial charge is 0.494 e. The Hall–Kier alpha value is -2.64. The number of rotatable bonds is 4. The summed E-state index contributed by atoms with van der Waals surface area (Å²) < 4.78 is 18.4. The maximum Gasteiger partial charge on any atom is 0.233 e. The van der Waals surface area contributed by atoms with Crippen LogP contribution in [0.2, 0.25) is 0 Å². The summed E-state index contributed by atoms with van der Waals surface area (Å²) in [4.78, 5) is 11.8. The third kappa shape index (κ3) is 2.97. The molecule has 0 amide bonds. The van der Waals surface area contributed by atoms with Gasteiger partial charge in [-0.25, -0.2) is 4.39 Å². The molecule has 8 heteroatoms. The second kappa shape index (κ2) is 5.34. The number of nitrogen functional groups attached to an aromatic ring is 1. The fourth-order valence-corrected chi connectivity index (χ4v) is 1.43. The highest BCUT2D eigenvalue weighted by atomic mass is 19.1. The highest BCUT2D eigenvalue weighted by Crippen LogP contribution is 2.22. The Bertz CT molecular complexity index is 591. The van der Waals surface area contributed by atoms with Crippen LogP contribution in [0.3, 0.4) is 0 Å². The van der Waals surface area contributed by atoms with Crippen molar-refractivity contribution in [2.45, 2.75) is 0 Å². The van der Waals surface area contributed by atoms with Crippen molar-refractivity contribution in [1.82, 2.24) is 15.0 Å². The quantitative estimate of drug-likeness (QED) is 0.767. The Labute approximate surface area is 109 Å². The number of nitrogens with zero attached hydrogens (tertiary/aromatic N) is 3. The van der Waals surface area contributed by atoms with Gasteiger partial charge in [-0.05, 0) is 12.1 Å². The summed E-state index contributed by atoms with van der Waals surface area (Å²) in [6, 6.07) is 4.42. The lowest BCUT2D eigenvalue weighted by Gasteiger charge is -2.08. The summed E-state index contributed by atoms with van der Waals surface area (Å²) in [7, 11) is 3.06. The molecule has 0 bridgehead atoms. The Kier molecular flexibility index (Phi) is 3.60. The van der Waals surface area contributed by atoms with Gasteiger partial charge in [0, 0.05) is 18.8 Å². The molecule has 1 heterocycles. The van der Waals surface area contributed by atoms with Crippen molar-refractivity contribution in [3.63, 3.8) is 0 Å². The minimum absolute atomic E-state index is 0.0656. The van der Waals surface area contributed by atoms with E-state index in [1.165, 1.54) is 19.2 Å². The van der Waals surface area contributed by atoms with Gasteiger partial charge in [0.05, 0.1) is 7.11 Å². The molecule has 0 aliphatic rings. The molecule has 4 N–H and O–H groups in total. The fraction of sp³-hybridized carbons (Fsp3) is 0.182. The molecule has 0 saturated carbocycles. The molecule has 0 aliphatic heterocycles. The van der Waals surface area contributed by atoms with Crippen molar-refractivity contribution in [3.05, 3.63) is 24.0 Å². The van der Waals surface area contributed by atoms with E-state index in [0.717, 1.165) is 0 Å². The lowest BCUT2D eigenvalue weighted by atomic mass is 10.3. The van der Waals surface area contributed by atoms with Gasteiger partial charge in [0.25, 0.3) is 0 Å². The molecule has 100 valence electrons. The molecule has 0 unspecified atom stereocenters. The van der Waals surface area contributed by atoms with Gasteiger partial charge in [0.1, 0.15) is 0 Å². The molecular weight excluding hydrogens is 251 g/mol. The maximum atomic E-state index is 13.5. The van der Waals surface area contributed by atoms with E-state index in [1.807, 2.05) is 0 Å². The van der Waals surface area contributed by atoms with Crippen LogP contribution < -0.4 is 21.1 Å². The summed E-state index contributed by atoms with van der Waals surface area (Å²) >= 11 is 0. The first-order valence-electron chi connectivity index (χ1n) is 5.42. The first-order valence-corrected chi connectivity index (χ1v) is 5.42. The van der Waals surface area contributed by atoms with Gasteiger partial charge in [0.2, 0.25) is 17.8 Å². The first kappa shape index (κ1) is 12.8. The van der Waals surface area contributed by atoms with Gasteiger partial charge in [-0.15, -0.1) is 0 Å². The summed E-state index contributed by atoms with van der Waals surface area (Å²) in [6.07, 6.45) is 0. The Morgan fingerprint density at radius 2 is 1.95 bits per heavy atom. The molecule has 0 spiro atoms. The third-order valence-corrected chi connectivity index (χ3v) is 2.28. The van der Waals surface area contributed by atoms with E-state index in [1.54, 1.807) is 13.1 Å². The van der Waals surface area contributed by atoms with Crippen LogP contribution in [0, 0.1) is 5.82 Å². The number of anilines is 4. The molecule has 0 fully saturated rings. The zero-order chi connectivity index (χ0) is 13.8. The fourth-order valence-electron chi connectivity index (χ4n) is 1.43. The average Bonchev–Trinajstić information content (AvgIpc) is 2.38. The summed E-state index contributed by atoms with van der Waals surface area (Å²) in [5, 5.41) is 5.58. The van der Waals surface area contributed by atoms with Gasteiger partial charge in [-0.1, -0.05) is 0 Å². The number of nitrogens with one attached hydrogen (secondary N) is 2. The van der Waals surface area contributed by atoms with Gasteiger partial charge >= 0.3 is 0 Å². The number of aromatic nitrogens is 3. The van der Waals surface area contributed by atoms with Crippen molar-refractivity contribution in [2.24, 2.45) is 0 Å². The topological polar surface area (TPSA) is 98.0 Å². The van der Waals surface area contributed by atoms with Crippen molar-refractivity contribution >= 4 is 23.5 Å². The minimum Gasteiger partial charge on any atom is -0.494 e. The number of methoxy groups -OCH3 is 1. The molecule has 0 radical (unpaired) electrons. The summed E-state index contributed by atoms with van der Waals surface area (Å²) in [5.41, 5.74) is 6.01. The number of benzene rings is 1. The molecule has 2 aromatic rings. The zero-order valence-corrected chi connectivity index (χ0v) is 10.4. The average molecular weight is 264 g/mol. The van der Waals surface area contributed by atoms with Crippen LogP contribution in [0.25, 0.3) is 0 Å². The van der Waals surface area contributed by atoms with E-state index in [4.69, 9.17) is 10.5 Å². The predicted molar refractivity (Wildman–Crippen MR) is 70.0 cm³/mol. The summed E-state index contributed by atoms with van der Waals surface area (Å²) in [5.74, 6) is 0.293. The van der Waals surface area contributed by atoms with Crippen molar-refractivity contribution in [2.75, 3.05) is 30.5 Å². The van der Waals surface area contributed by atoms with Gasteiger partial charge in [0.15, 0.2) is 11.6 Å². The van der Waals surface area contributed by atoms with Crippen molar-refractivity contribution in [1.29, 1.82) is 0 Å². The van der Waals surface area contributed by atoms with E-state index in [9.17, 15) is 4.39 Å². The van der Waals surface area contributed by atoms with E-state index in [2.05, 4.69) is 25.6 Å². The van der Waals surface area contributed by atoms with Crippen LogP contribution in [-0.2, 0) is 0 Å². The van der Waals surface area contributed by atoms with Gasteiger partial charge < -0.3 is 21.1 Å². The van der Waals surface area contributed by atoms with Crippen LogP contribution in [0.15, 0.2) is 18.2 Å². The van der Waals surface area contributed by atoms with Gasteiger partial charge in [-0.3, -0.25) is 0 Å². The third-order valence-electron chi connectivity index (χ3n) is 2.28. The number of nitrogens with two attached hydrogens (primary N) is 1. The molecule has 0 saturated heterocycles. The van der Waals surface area contributed by atoms with E-state index >= 15 is 0 Å². The number of halogens is 1. The molecule has 1 aromatic carbocycles. The zero-order valence-electron chi connectivity index (χ0n) is 10.4. The number of hydrogen-bond donors (Lipinski definition) is 3. The number of hydrogen-bond acceptors (Lipinski definition) is 7. The van der Waals surface area contributed by atoms with Crippen LogP contribution in [0.5, 0.6) is 5.75 Å². The normalized spacial score (nSPS) is 10.1. The standard InChI is InChI=1S/C11H13FN6O/c1-14-10-16-9(13)17-11(18-10)15-6-3-4-8(19-2)7(12)5-6/h3-5H,1-2H3,(H4,13,14,15,16,17,18). The van der Waals surface area contributed by atoms with Crippen LogP contribution in [0.4, 0.5) is 27.9 Å². The predicted octanol–water partition coefficient (Wildman–Crippen LogP) is 1.39. The van der Waals surface area contributed by atoms with E-state index in [-0.39, 0.29) is 17.6 Å². The lowest BCUT2D eigenvalue weighted by Crippen LogP contribution is -2.06. The molecule has 2 rings (SSSR count). The molecule has 0 aliphatic carbocycles. The lowest BCUT2D eigenvalue weighted by molar-refractivity contribution is 0.386. The van der Waals surface area contributed by atoms with Crippen LogP contribution in [0.1, 0.15) is 0 Å². The molecule has 0 atom stereocenters. The van der Waals surface area contributed by atoms with Crippen molar-refractivity contribution in [3.8, 4) is 5.75 Å². The molecular formula is C11H13FN6O. The molecule has 19 heavy (non-hydrogen) atoms. The highest BCUT2D eigenvalue weighted by molar-refractivity contribution is 5.56. The maximum absolute atomic E-state index is 13.5. The Morgan fingerprint density at radius 1 is 1.21 bits per heavy atom. The van der Waals surface area contributed by atoms with E-state index in [0.29, 0.717) is 11.6 Å². The first-order chi connectivity index (χ1) is 9.12. The second-order valence-corrected chi connectivity index (χ2v) is 3.57. The monoisotopic (exact) mass is 264 g/mol. The number of ether oxygens (including phenoxy) is 1. The van der Waals surface area contributed by atoms with Gasteiger partial charge in [-0.2, -0.15) is 15.0 Å². The van der Waals surface area contributed by atoms with Crippen LogP contribution >= 0.6 is 0 Å². The molecule has 1 aromatic heterocycles. The second-order valence-electron chi connectivity index (χ2n) is 3.57.